The Hall–Kier alpha value is -2.46. The van der Waals surface area contributed by atoms with E-state index in [0.29, 0.717) is 25.9 Å². The zero-order chi connectivity index (χ0) is 23.1. The smallest absolute Gasteiger partial charge is 0.368 e. The Morgan fingerprint density at radius 3 is 2.09 bits per heavy atom. The third-order valence-electron chi connectivity index (χ3n) is 7.06. The van der Waals surface area contributed by atoms with Crippen LogP contribution in [0.25, 0.3) is 0 Å². The van der Waals surface area contributed by atoms with Crippen molar-refractivity contribution >= 4 is 23.4 Å². The predicted molar refractivity (Wildman–Crippen MR) is 110 cm³/mol. The summed E-state index contributed by atoms with van der Waals surface area (Å²) in [6.07, 6.45) is -0.369. The molecule has 3 aliphatic rings. The first-order valence-electron chi connectivity index (χ1n) is 11.0. The fourth-order valence-electron chi connectivity index (χ4n) is 5.22. The molecule has 0 radical (unpaired) electrons. The lowest BCUT2D eigenvalue weighted by atomic mass is 9.83. The number of carbonyl (C=O) groups excluding carboxylic acids is 3. The number of primary amides is 1. The number of likely N-dealkylation sites (tertiary alicyclic amines) is 2. The van der Waals surface area contributed by atoms with Crippen LogP contribution in [0.5, 0.6) is 0 Å². The van der Waals surface area contributed by atoms with Gasteiger partial charge in [-0.3, -0.25) is 24.2 Å². The molecule has 32 heavy (non-hydrogen) atoms. The van der Waals surface area contributed by atoms with Gasteiger partial charge in [-0.05, 0) is 63.0 Å². The molecule has 3 heterocycles. The molecular weight excluding hydrogens is 425 g/mol. The van der Waals surface area contributed by atoms with Gasteiger partial charge in [-0.25, -0.2) is 4.90 Å². The van der Waals surface area contributed by atoms with Gasteiger partial charge in [0.15, 0.2) is 0 Å². The van der Waals surface area contributed by atoms with Crippen LogP contribution in [0.2, 0.25) is 0 Å². The topological polar surface area (TPSA) is 87.0 Å². The van der Waals surface area contributed by atoms with Crippen LogP contribution in [0.4, 0.5) is 18.9 Å². The number of imide groups is 1. The van der Waals surface area contributed by atoms with E-state index in [2.05, 4.69) is 4.90 Å². The molecule has 1 aromatic carbocycles. The van der Waals surface area contributed by atoms with Crippen LogP contribution in [0.1, 0.15) is 44.1 Å². The molecule has 2 N–H and O–H groups in total. The molecule has 10 heteroatoms. The zero-order valence-electron chi connectivity index (χ0n) is 17.7. The quantitative estimate of drug-likeness (QED) is 0.708. The number of hydrogen-bond donors (Lipinski definition) is 1. The van der Waals surface area contributed by atoms with Crippen LogP contribution < -0.4 is 10.6 Å². The van der Waals surface area contributed by atoms with Crippen LogP contribution in [-0.4, -0.2) is 65.3 Å². The minimum atomic E-state index is -4.49. The number of nitrogens with two attached hydrogens (primary N) is 1. The maximum Gasteiger partial charge on any atom is 0.416 e. The molecule has 3 amide bonds. The highest BCUT2D eigenvalue weighted by molar-refractivity contribution is 6.22. The van der Waals surface area contributed by atoms with E-state index in [4.69, 9.17) is 5.73 Å². The molecule has 3 fully saturated rings. The SMILES string of the molecule is NC(=O)C1(N2CCCCC2)CCN([C@@H]2CC(=O)N(c3ccc(C(F)(F)F)cc3)C2=O)CC1. The summed E-state index contributed by atoms with van der Waals surface area (Å²) in [5.74, 6) is -1.24. The van der Waals surface area contributed by atoms with E-state index in [1.54, 1.807) is 0 Å². The highest BCUT2D eigenvalue weighted by Crippen LogP contribution is 2.35. The fraction of sp³-hybridized carbons (Fsp3) is 0.591. The highest BCUT2D eigenvalue weighted by atomic mass is 19.4. The van der Waals surface area contributed by atoms with Crippen molar-refractivity contribution in [3.63, 3.8) is 0 Å². The Kier molecular flexibility index (Phi) is 6.02. The van der Waals surface area contributed by atoms with E-state index in [0.717, 1.165) is 61.5 Å². The number of carbonyl (C=O) groups is 3. The molecule has 7 nitrogen and oxygen atoms in total. The predicted octanol–water partition coefficient (Wildman–Crippen LogP) is 2.14. The molecule has 0 unspecified atom stereocenters. The summed E-state index contributed by atoms with van der Waals surface area (Å²) in [5, 5.41) is 0. The Labute approximate surface area is 184 Å². The summed E-state index contributed by atoms with van der Waals surface area (Å²) >= 11 is 0. The normalized spacial score (nSPS) is 25.3. The Morgan fingerprint density at radius 1 is 0.969 bits per heavy atom. The standard InChI is InChI=1S/C22H27F3N4O3/c23-22(24,25)15-4-6-16(7-5-15)29-18(30)14-17(19(29)31)27-12-8-21(9-13-27,20(26)32)28-10-2-1-3-11-28/h4-7,17H,1-3,8-14H2,(H2,26,32)/t17-/m1/s1. The van der Waals surface area contributed by atoms with Crippen molar-refractivity contribution in [2.45, 2.75) is 56.3 Å². The summed E-state index contributed by atoms with van der Waals surface area (Å²) in [5.41, 5.74) is 4.38. The number of benzene rings is 1. The van der Waals surface area contributed by atoms with Crippen LogP contribution >= 0.6 is 0 Å². The highest BCUT2D eigenvalue weighted by Gasteiger charge is 2.49. The Bertz CT molecular complexity index is 889. The number of anilines is 1. The summed E-state index contributed by atoms with van der Waals surface area (Å²) in [6.45, 7) is 2.55. The first-order chi connectivity index (χ1) is 15.1. The van der Waals surface area contributed by atoms with E-state index >= 15 is 0 Å². The zero-order valence-corrected chi connectivity index (χ0v) is 17.7. The molecular formula is C22H27F3N4O3. The van der Waals surface area contributed by atoms with Gasteiger partial charge in [-0.1, -0.05) is 6.42 Å². The van der Waals surface area contributed by atoms with Gasteiger partial charge in [-0.15, -0.1) is 0 Å². The molecule has 0 spiro atoms. The van der Waals surface area contributed by atoms with E-state index in [-0.39, 0.29) is 18.0 Å². The Morgan fingerprint density at radius 2 is 1.56 bits per heavy atom. The van der Waals surface area contributed by atoms with Crippen LogP contribution in [-0.2, 0) is 20.6 Å². The molecule has 1 aromatic rings. The summed E-state index contributed by atoms with van der Waals surface area (Å²) in [4.78, 5) is 43.1. The maximum atomic E-state index is 13.0. The largest absolute Gasteiger partial charge is 0.416 e. The van der Waals surface area contributed by atoms with Gasteiger partial charge in [0.05, 0.1) is 23.7 Å². The number of halogens is 3. The van der Waals surface area contributed by atoms with Crippen molar-refractivity contribution in [1.29, 1.82) is 0 Å². The Balaban J connectivity index is 1.46. The average Bonchev–Trinajstić information content (AvgIpc) is 3.07. The number of piperidine rings is 2. The lowest BCUT2D eigenvalue weighted by Gasteiger charge is -2.48. The molecule has 0 aromatic heterocycles. The van der Waals surface area contributed by atoms with Gasteiger partial charge in [-0.2, -0.15) is 13.2 Å². The lowest BCUT2D eigenvalue weighted by Crippen LogP contribution is -2.64. The van der Waals surface area contributed by atoms with Gasteiger partial charge in [0.1, 0.15) is 5.54 Å². The van der Waals surface area contributed by atoms with Crippen LogP contribution in [0.15, 0.2) is 24.3 Å². The molecule has 0 bridgehead atoms. The third-order valence-corrected chi connectivity index (χ3v) is 7.06. The molecule has 0 saturated carbocycles. The van der Waals surface area contributed by atoms with Gasteiger partial charge in [0.25, 0.3) is 5.91 Å². The van der Waals surface area contributed by atoms with Crippen molar-refractivity contribution in [3.8, 4) is 0 Å². The van der Waals surface area contributed by atoms with E-state index in [1.807, 2.05) is 4.90 Å². The second-order valence-electron chi connectivity index (χ2n) is 8.81. The number of amides is 3. The monoisotopic (exact) mass is 452 g/mol. The molecule has 1 atom stereocenters. The summed E-state index contributed by atoms with van der Waals surface area (Å²) < 4.78 is 38.5. The molecule has 4 rings (SSSR count). The van der Waals surface area contributed by atoms with E-state index in [9.17, 15) is 27.6 Å². The van der Waals surface area contributed by atoms with E-state index in [1.165, 1.54) is 0 Å². The first kappa shape index (κ1) is 22.7. The number of nitrogens with zero attached hydrogens (tertiary/aromatic N) is 3. The minimum absolute atomic E-state index is 0.0346. The average molecular weight is 452 g/mol. The van der Waals surface area contributed by atoms with Gasteiger partial charge >= 0.3 is 6.18 Å². The number of hydrogen-bond acceptors (Lipinski definition) is 5. The van der Waals surface area contributed by atoms with E-state index < -0.39 is 35.1 Å². The lowest BCUT2D eigenvalue weighted by molar-refractivity contribution is -0.138. The fourth-order valence-corrected chi connectivity index (χ4v) is 5.22. The second-order valence-corrected chi connectivity index (χ2v) is 8.81. The number of alkyl halides is 3. The molecule has 174 valence electrons. The molecule has 3 aliphatic heterocycles. The number of rotatable bonds is 4. The maximum absolute atomic E-state index is 13.0. The summed E-state index contributed by atoms with van der Waals surface area (Å²) in [6, 6.07) is 3.34. The second kappa shape index (κ2) is 8.47. The van der Waals surface area contributed by atoms with Gasteiger partial charge < -0.3 is 5.73 Å². The minimum Gasteiger partial charge on any atom is -0.368 e. The van der Waals surface area contributed by atoms with Crippen molar-refractivity contribution in [3.05, 3.63) is 29.8 Å². The first-order valence-corrected chi connectivity index (χ1v) is 11.0. The molecule has 3 saturated heterocycles. The molecule has 0 aliphatic carbocycles. The van der Waals surface area contributed by atoms with Crippen molar-refractivity contribution in [2.24, 2.45) is 5.73 Å². The third kappa shape index (κ3) is 4.01. The summed E-state index contributed by atoms with van der Waals surface area (Å²) in [7, 11) is 0. The van der Waals surface area contributed by atoms with Gasteiger partial charge in [0.2, 0.25) is 11.8 Å². The van der Waals surface area contributed by atoms with Crippen LogP contribution in [0.3, 0.4) is 0 Å². The van der Waals surface area contributed by atoms with Gasteiger partial charge in [0, 0.05) is 13.1 Å². The van der Waals surface area contributed by atoms with Crippen LogP contribution in [0, 0.1) is 0 Å². The van der Waals surface area contributed by atoms with Crippen molar-refractivity contribution < 1.29 is 27.6 Å². The van der Waals surface area contributed by atoms with Crippen molar-refractivity contribution in [1.82, 2.24) is 9.80 Å². The van der Waals surface area contributed by atoms with Crippen molar-refractivity contribution in [2.75, 3.05) is 31.1 Å².